The Bertz CT molecular complexity index is 352. The van der Waals surface area contributed by atoms with Crippen LogP contribution >= 0.6 is 0 Å². The van der Waals surface area contributed by atoms with Crippen LogP contribution in [0.15, 0.2) is 24.3 Å². The van der Waals surface area contributed by atoms with Gasteiger partial charge in [0.2, 0.25) is 0 Å². The van der Waals surface area contributed by atoms with E-state index in [2.05, 4.69) is 26.0 Å². The van der Waals surface area contributed by atoms with Crippen LogP contribution in [0.25, 0.3) is 0 Å². The quantitative estimate of drug-likeness (QED) is 0.747. The molecule has 0 N–H and O–H groups in total. The number of benzene rings is 1. The highest BCUT2D eigenvalue weighted by atomic mass is 16.5. The molecule has 0 aliphatic carbocycles. The maximum atomic E-state index is 11.9. The van der Waals surface area contributed by atoms with Gasteiger partial charge in [0.1, 0.15) is 6.10 Å². The van der Waals surface area contributed by atoms with Crippen molar-refractivity contribution in [3.63, 3.8) is 0 Å². The molecule has 0 heterocycles. The lowest BCUT2D eigenvalue weighted by atomic mass is 9.97. The average molecular weight is 234 g/mol. The number of carbonyl (C=O) groups excluding carboxylic acids is 1. The van der Waals surface area contributed by atoms with Gasteiger partial charge in [-0.25, -0.2) is 0 Å². The highest BCUT2D eigenvalue weighted by molar-refractivity contribution is 5.84. The predicted octanol–water partition coefficient (Wildman–Crippen LogP) is 3.87. The highest BCUT2D eigenvalue weighted by Crippen LogP contribution is 2.22. The molecule has 0 bridgehead atoms. The van der Waals surface area contributed by atoms with Gasteiger partial charge in [-0.2, -0.15) is 0 Å². The summed E-state index contributed by atoms with van der Waals surface area (Å²) in [6.07, 6.45) is 1.03. The number of hydrogen-bond donors (Lipinski definition) is 0. The van der Waals surface area contributed by atoms with Crippen LogP contribution in [0.5, 0.6) is 0 Å². The zero-order chi connectivity index (χ0) is 12.8. The van der Waals surface area contributed by atoms with E-state index in [0.29, 0.717) is 12.3 Å². The highest BCUT2D eigenvalue weighted by Gasteiger charge is 2.18. The molecule has 0 saturated heterocycles. The molecular formula is C15H22O2. The van der Waals surface area contributed by atoms with Crippen molar-refractivity contribution in [1.29, 1.82) is 0 Å². The minimum Gasteiger partial charge on any atom is -0.369 e. The van der Waals surface area contributed by atoms with Crippen LogP contribution in [-0.4, -0.2) is 12.9 Å². The summed E-state index contributed by atoms with van der Waals surface area (Å²) in [5, 5.41) is 0. The van der Waals surface area contributed by atoms with Crippen molar-refractivity contribution in [3.05, 3.63) is 35.4 Å². The first-order valence-corrected chi connectivity index (χ1v) is 6.25. The van der Waals surface area contributed by atoms with Gasteiger partial charge >= 0.3 is 0 Å². The first-order valence-electron chi connectivity index (χ1n) is 6.25. The third-order valence-corrected chi connectivity index (χ3v) is 2.93. The van der Waals surface area contributed by atoms with Gasteiger partial charge in [0, 0.05) is 13.5 Å². The van der Waals surface area contributed by atoms with Crippen LogP contribution in [0.2, 0.25) is 0 Å². The maximum absolute atomic E-state index is 11.9. The Kier molecular flexibility index (Phi) is 5.36. The summed E-state index contributed by atoms with van der Waals surface area (Å²) < 4.78 is 5.30. The summed E-state index contributed by atoms with van der Waals surface area (Å²) in [7, 11) is 1.59. The number of Topliss-reactive ketones (excluding diaryl/α,β-unsaturated/α-hetero) is 1. The van der Waals surface area contributed by atoms with Crippen LogP contribution in [0.1, 0.15) is 56.8 Å². The zero-order valence-corrected chi connectivity index (χ0v) is 11.2. The zero-order valence-electron chi connectivity index (χ0n) is 11.2. The number of ketones is 1. The molecule has 17 heavy (non-hydrogen) atoms. The molecule has 0 radical (unpaired) electrons. The topological polar surface area (TPSA) is 26.3 Å². The lowest BCUT2D eigenvalue weighted by molar-refractivity contribution is -0.129. The molecular weight excluding hydrogens is 212 g/mol. The van der Waals surface area contributed by atoms with Crippen molar-refractivity contribution in [3.8, 4) is 0 Å². The van der Waals surface area contributed by atoms with E-state index >= 15 is 0 Å². The fourth-order valence-electron chi connectivity index (χ4n) is 1.89. The van der Waals surface area contributed by atoms with E-state index in [9.17, 15) is 4.79 Å². The van der Waals surface area contributed by atoms with E-state index < -0.39 is 6.10 Å². The molecule has 0 fully saturated rings. The smallest absolute Gasteiger partial charge is 0.166 e. The Morgan fingerprint density at radius 3 is 2.12 bits per heavy atom. The standard InChI is InChI=1S/C15H22O2/c1-5-6-14(16)15(17-4)13-9-7-12(8-10-13)11(2)3/h7-11,15H,5-6H2,1-4H3. The van der Waals surface area contributed by atoms with Crippen molar-refractivity contribution in [1.82, 2.24) is 0 Å². The minimum absolute atomic E-state index is 0.160. The van der Waals surface area contributed by atoms with Gasteiger partial charge in [0.05, 0.1) is 0 Å². The second kappa shape index (κ2) is 6.55. The lowest BCUT2D eigenvalue weighted by Gasteiger charge is -2.15. The molecule has 0 saturated carbocycles. The van der Waals surface area contributed by atoms with E-state index in [1.54, 1.807) is 7.11 Å². The maximum Gasteiger partial charge on any atom is 0.166 e. The SMILES string of the molecule is CCCC(=O)C(OC)c1ccc(C(C)C)cc1. The van der Waals surface area contributed by atoms with Crippen LogP contribution in [0.3, 0.4) is 0 Å². The molecule has 2 heteroatoms. The number of methoxy groups -OCH3 is 1. The van der Waals surface area contributed by atoms with E-state index in [0.717, 1.165) is 12.0 Å². The predicted molar refractivity (Wildman–Crippen MR) is 70.2 cm³/mol. The normalized spacial score (nSPS) is 12.8. The summed E-state index contributed by atoms with van der Waals surface area (Å²) in [6, 6.07) is 8.14. The Hall–Kier alpha value is -1.15. The monoisotopic (exact) mass is 234 g/mol. The van der Waals surface area contributed by atoms with Gasteiger partial charge in [-0.1, -0.05) is 45.0 Å². The van der Waals surface area contributed by atoms with Crippen molar-refractivity contribution >= 4 is 5.78 Å². The van der Waals surface area contributed by atoms with Gasteiger partial charge in [-0.15, -0.1) is 0 Å². The molecule has 0 aromatic heterocycles. The number of hydrogen-bond acceptors (Lipinski definition) is 2. The van der Waals surface area contributed by atoms with E-state index in [-0.39, 0.29) is 5.78 Å². The van der Waals surface area contributed by atoms with E-state index in [1.807, 2.05) is 19.1 Å². The Morgan fingerprint density at radius 1 is 1.18 bits per heavy atom. The molecule has 1 atom stereocenters. The molecule has 1 aromatic carbocycles. The first-order chi connectivity index (χ1) is 8.10. The van der Waals surface area contributed by atoms with Crippen LogP contribution < -0.4 is 0 Å². The summed E-state index contributed by atoms with van der Waals surface area (Å²) in [6.45, 7) is 6.32. The molecule has 1 rings (SSSR count). The first kappa shape index (κ1) is 13.9. The van der Waals surface area contributed by atoms with Gasteiger partial charge < -0.3 is 4.74 Å². The second-order valence-corrected chi connectivity index (χ2v) is 4.65. The molecule has 1 unspecified atom stereocenters. The molecule has 0 aliphatic heterocycles. The Morgan fingerprint density at radius 2 is 1.71 bits per heavy atom. The number of carbonyl (C=O) groups is 1. The molecule has 94 valence electrons. The van der Waals surface area contributed by atoms with Gasteiger partial charge in [-0.05, 0) is 23.5 Å². The second-order valence-electron chi connectivity index (χ2n) is 4.65. The van der Waals surface area contributed by atoms with Crippen molar-refractivity contribution in [2.45, 2.75) is 45.6 Å². The largest absolute Gasteiger partial charge is 0.369 e. The lowest BCUT2D eigenvalue weighted by Crippen LogP contribution is -2.14. The average Bonchev–Trinajstić information content (AvgIpc) is 2.31. The third kappa shape index (κ3) is 3.67. The summed E-state index contributed by atoms with van der Waals surface area (Å²) in [5.74, 6) is 0.670. The van der Waals surface area contributed by atoms with Gasteiger partial charge in [0.15, 0.2) is 5.78 Å². The summed E-state index contributed by atoms with van der Waals surface area (Å²) in [4.78, 5) is 11.9. The Labute approximate surface area is 104 Å². The number of ether oxygens (including phenoxy) is 1. The summed E-state index contributed by atoms with van der Waals surface area (Å²) >= 11 is 0. The van der Waals surface area contributed by atoms with Gasteiger partial charge in [0.25, 0.3) is 0 Å². The van der Waals surface area contributed by atoms with Crippen molar-refractivity contribution in [2.24, 2.45) is 0 Å². The molecule has 2 nitrogen and oxygen atoms in total. The van der Waals surface area contributed by atoms with E-state index in [4.69, 9.17) is 4.74 Å². The minimum atomic E-state index is -0.406. The van der Waals surface area contributed by atoms with E-state index in [1.165, 1.54) is 5.56 Å². The third-order valence-electron chi connectivity index (χ3n) is 2.93. The number of rotatable bonds is 6. The molecule has 0 aliphatic rings. The van der Waals surface area contributed by atoms with Crippen LogP contribution in [0.4, 0.5) is 0 Å². The molecule has 0 spiro atoms. The molecule has 1 aromatic rings. The van der Waals surface area contributed by atoms with Crippen LogP contribution in [-0.2, 0) is 9.53 Å². The fraction of sp³-hybridized carbons (Fsp3) is 0.533. The summed E-state index contributed by atoms with van der Waals surface area (Å²) in [5.41, 5.74) is 2.24. The van der Waals surface area contributed by atoms with Gasteiger partial charge in [-0.3, -0.25) is 4.79 Å². The Balaban J connectivity index is 2.85. The van der Waals surface area contributed by atoms with Crippen LogP contribution in [0, 0.1) is 0 Å². The van der Waals surface area contributed by atoms with Crippen molar-refractivity contribution < 1.29 is 9.53 Å². The van der Waals surface area contributed by atoms with Crippen molar-refractivity contribution in [2.75, 3.05) is 7.11 Å². The fourth-order valence-corrected chi connectivity index (χ4v) is 1.89. The molecule has 0 amide bonds.